The van der Waals surface area contributed by atoms with Crippen LogP contribution in [0.2, 0.25) is 0 Å². The molecule has 0 spiro atoms. The van der Waals surface area contributed by atoms with Gasteiger partial charge in [-0.25, -0.2) is 4.79 Å². The first-order valence-corrected chi connectivity index (χ1v) is 7.10. The van der Waals surface area contributed by atoms with E-state index in [-0.39, 0.29) is 12.1 Å². The molecule has 1 aliphatic rings. The summed E-state index contributed by atoms with van der Waals surface area (Å²) in [4.78, 5) is 25.3. The Hall–Kier alpha value is -1.26. The zero-order chi connectivity index (χ0) is 14.6. The van der Waals surface area contributed by atoms with Crippen LogP contribution in [0.1, 0.15) is 47.0 Å². The van der Waals surface area contributed by atoms with Gasteiger partial charge in [-0.2, -0.15) is 0 Å². The van der Waals surface area contributed by atoms with E-state index >= 15 is 0 Å². The highest BCUT2D eigenvalue weighted by atomic mass is 16.4. The second-order valence-corrected chi connectivity index (χ2v) is 6.05. The van der Waals surface area contributed by atoms with Crippen LogP contribution in [0.5, 0.6) is 0 Å². The summed E-state index contributed by atoms with van der Waals surface area (Å²) in [5.41, 5.74) is -0.826. The maximum absolute atomic E-state index is 12.2. The van der Waals surface area contributed by atoms with E-state index in [1.807, 2.05) is 6.92 Å². The average Bonchev–Trinajstić information content (AvgIpc) is 2.69. The molecule has 2 unspecified atom stereocenters. The van der Waals surface area contributed by atoms with E-state index in [9.17, 15) is 14.7 Å². The Bertz CT molecular complexity index is 344. The molecule has 2 N–H and O–H groups in total. The van der Waals surface area contributed by atoms with Gasteiger partial charge in [0.1, 0.15) is 0 Å². The third-order valence-corrected chi connectivity index (χ3v) is 4.00. The fourth-order valence-corrected chi connectivity index (χ4v) is 2.69. The van der Waals surface area contributed by atoms with Crippen molar-refractivity contribution in [3.8, 4) is 0 Å². The lowest BCUT2D eigenvalue weighted by Gasteiger charge is -2.31. The summed E-state index contributed by atoms with van der Waals surface area (Å²) in [6, 6.07) is -0.408. The van der Waals surface area contributed by atoms with Gasteiger partial charge in [0.15, 0.2) is 0 Å². The minimum absolute atomic E-state index is 0.143. The molecule has 0 bridgehead atoms. The highest BCUT2D eigenvalue weighted by molar-refractivity contribution is 5.79. The molecule has 19 heavy (non-hydrogen) atoms. The number of carbonyl (C=O) groups is 2. The molecule has 0 aromatic heterocycles. The molecule has 5 nitrogen and oxygen atoms in total. The number of urea groups is 1. The lowest BCUT2D eigenvalue weighted by atomic mass is 9.85. The van der Waals surface area contributed by atoms with Gasteiger partial charge < -0.3 is 15.3 Å². The zero-order valence-electron chi connectivity index (χ0n) is 12.4. The summed E-state index contributed by atoms with van der Waals surface area (Å²) in [5, 5.41) is 12.2. The molecule has 0 aromatic rings. The number of hydrogen-bond acceptors (Lipinski definition) is 2. The molecule has 1 aliphatic carbocycles. The first-order valence-electron chi connectivity index (χ1n) is 7.10. The zero-order valence-corrected chi connectivity index (χ0v) is 12.4. The minimum atomic E-state index is -0.826. The van der Waals surface area contributed by atoms with E-state index in [4.69, 9.17) is 0 Å². The van der Waals surface area contributed by atoms with Gasteiger partial charge in [-0.15, -0.1) is 0 Å². The van der Waals surface area contributed by atoms with E-state index in [1.54, 1.807) is 11.8 Å². The molecule has 110 valence electrons. The number of rotatable bonds is 5. The number of aliphatic carboxylic acids is 1. The molecule has 1 saturated carbocycles. The Kier molecular flexibility index (Phi) is 5.20. The summed E-state index contributed by atoms with van der Waals surface area (Å²) >= 11 is 0. The molecule has 1 fully saturated rings. The summed E-state index contributed by atoms with van der Waals surface area (Å²) in [6.07, 6.45) is 2.22. The fraction of sp³-hybridized carbons (Fsp3) is 0.857. The average molecular weight is 270 g/mol. The largest absolute Gasteiger partial charge is 0.481 e. The van der Waals surface area contributed by atoms with Crippen molar-refractivity contribution < 1.29 is 14.7 Å². The van der Waals surface area contributed by atoms with Crippen LogP contribution < -0.4 is 5.32 Å². The van der Waals surface area contributed by atoms with Crippen molar-refractivity contribution in [2.75, 3.05) is 13.1 Å². The Morgan fingerprint density at radius 3 is 2.58 bits per heavy atom. The van der Waals surface area contributed by atoms with Gasteiger partial charge in [0.2, 0.25) is 0 Å². The number of amides is 2. The van der Waals surface area contributed by atoms with Crippen molar-refractivity contribution in [3.05, 3.63) is 0 Å². The molecule has 2 atom stereocenters. The van der Waals surface area contributed by atoms with Crippen LogP contribution in [0, 0.1) is 11.3 Å². The lowest BCUT2D eigenvalue weighted by molar-refractivity contribution is -0.148. The maximum atomic E-state index is 12.2. The van der Waals surface area contributed by atoms with E-state index in [0.717, 1.165) is 12.8 Å². The van der Waals surface area contributed by atoms with Crippen molar-refractivity contribution in [3.63, 3.8) is 0 Å². The minimum Gasteiger partial charge on any atom is -0.481 e. The highest BCUT2D eigenvalue weighted by Gasteiger charge is 2.46. The van der Waals surface area contributed by atoms with Gasteiger partial charge in [-0.1, -0.05) is 20.3 Å². The molecule has 2 amide bonds. The van der Waals surface area contributed by atoms with Crippen molar-refractivity contribution in [1.82, 2.24) is 10.2 Å². The maximum Gasteiger partial charge on any atom is 0.317 e. The second kappa shape index (κ2) is 6.26. The van der Waals surface area contributed by atoms with E-state index < -0.39 is 11.4 Å². The Morgan fingerprint density at radius 1 is 1.47 bits per heavy atom. The van der Waals surface area contributed by atoms with Crippen LogP contribution in [0.25, 0.3) is 0 Å². The molecule has 0 heterocycles. The standard InChI is InChI=1S/C14H26N2O3/c1-5-16(9-10(2)3)13(19)15-11-7-6-8-14(11,4)12(17)18/h10-11H,5-9H2,1-4H3,(H,15,19)(H,17,18). The van der Waals surface area contributed by atoms with Gasteiger partial charge in [0.25, 0.3) is 0 Å². The monoisotopic (exact) mass is 270 g/mol. The molecule has 0 saturated heterocycles. The first kappa shape index (κ1) is 15.8. The van der Waals surface area contributed by atoms with Crippen LogP contribution in [-0.4, -0.2) is 41.1 Å². The second-order valence-electron chi connectivity index (χ2n) is 6.05. The van der Waals surface area contributed by atoms with Gasteiger partial charge in [-0.3, -0.25) is 4.79 Å². The lowest BCUT2D eigenvalue weighted by Crippen LogP contribution is -2.52. The summed E-state index contributed by atoms with van der Waals surface area (Å²) in [5.74, 6) is -0.414. The Labute approximate surface area is 115 Å². The van der Waals surface area contributed by atoms with Gasteiger partial charge >= 0.3 is 12.0 Å². The number of carboxylic acid groups (broad SMARTS) is 1. The number of hydrogen-bond donors (Lipinski definition) is 2. The molecular weight excluding hydrogens is 244 g/mol. The van der Waals surface area contributed by atoms with E-state index in [1.165, 1.54) is 0 Å². The number of nitrogens with one attached hydrogen (secondary N) is 1. The molecule has 0 radical (unpaired) electrons. The molecule has 0 aliphatic heterocycles. The van der Waals surface area contributed by atoms with Crippen LogP contribution in [-0.2, 0) is 4.79 Å². The van der Waals surface area contributed by atoms with E-state index in [0.29, 0.717) is 25.4 Å². The normalized spacial score (nSPS) is 26.5. The van der Waals surface area contributed by atoms with Crippen LogP contribution in [0.3, 0.4) is 0 Å². The van der Waals surface area contributed by atoms with Gasteiger partial charge in [0, 0.05) is 19.1 Å². The number of nitrogens with zero attached hydrogens (tertiary/aromatic N) is 1. The molecule has 1 rings (SSSR count). The van der Waals surface area contributed by atoms with Crippen molar-refractivity contribution in [1.29, 1.82) is 0 Å². The summed E-state index contributed by atoms with van der Waals surface area (Å²) in [7, 11) is 0. The quantitative estimate of drug-likeness (QED) is 0.805. The topological polar surface area (TPSA) is 69.6 Å². The van der Waals surface area contributed by atoms with Crippen molar-refractivity contribution >= 4 is 12.0 Å². The van der Waals surface area contributed by atoms with Crippen molar-refractivity contribution in [2.45, 2.75) is 53.0 Å². The van der Waals surface area contributed by atoms with Crippen molar-refractivity contribution in [2.24, 2.45) is 11.3 Å². The van der Waals surface area contributed by atoms with Gasteiger partial charge in [0.05, 0.1) is 5.41 Å². The first-order chi connectivity index (χ1) is 8.81. The Morgan fingerprint density at radius 2 is 2.11 bits per heavy atom. The van der Waals surface area contributed by atoms with E-state index in [2.05, 4.69) is 19.2 Å². The fourth-order valence-electron chi connectivity index (χ4n) is 2.69. The molecule has 5 heteroatoms. The molecule has 0 aromatic carbocycles. The molecular formula is C14H26N2O3. The predicted molar refractivity (Wildman–Crippen MR) is 74.0 cm³/mol. The van der Waals surface area contributed by atoms with Crippen LogP contribution in [0.15, 0.2) is 0 Å². The summed E-state index contributed by atoms with van der Waals surface area (Å²) < 4.78 is 0. The number of carboxylic acids is 1. The highest BCUT2D eigenvalue weighted by Crippen LogP contribution is 2.38. The third kappa shape index (κ3) is 3.61. The Balaban J connectivity index is 2.67. The van der Waals surface area contributed by atoms with Crippen LogP contribution >= 0.6 is 0 Å². The SMILES string of the molecule is CCN(CC(C)C)C(=O)NC1CCCC1(C)C(=O)O. The number of carbonyl (C=O) groups excluding carboxylic acids is 1. The smallest absolute Gasteiger partial charge is 0.317 e. The third-order valence-electron chi connectivity index (χ3n) is 4.00. The summed E-state index contributed by atoms with van der Waals surface area (Å²) in [6.45, 7) is 9.12. The van der Waals surface area contributed by atoms with Gasteiger partial charge in [-0.05, 0) is 32.6 Å². The predicted octanol–water partition coefficient (Wildman–Crippen LogP) is 2.32. The van der Waals surface area contributed by atoms with Crippen LogP contribution in [0.4, 0.5) is 4.79 Å².